The lowest BCUT2D eigenvalue weighted by Gasteiger charge is -2.12. The lowest BCUT2D eigenvalue weighted by molar-refractivity contribution is 0.300. The van der Waals surface area contributed by atoms with Crippen LogP contribution in [0.2, 0.25) is 0 Å². The highest BCUT2D eigenvalue weighted by molar-refractivity contribution is 9.10. The highest BCUT2D eigenvalue weighted by Gasteiger charge is 2.07. The van der Waals surface area contributed by atoms with Crippen LogP contribution in [0.25, 0.3) is 10.8 Å². The first-order valence-electron chi connectivity index (χ1n) is 7.23. The van der Waals surface area contributed by atoms with Gasteiger partial charge in [0.1, 0.15) is 23.9 Å². The SMILES string of the molecule is COc1cc(OC)cc(OCc2ccc3ccccc3c2Br)c1. The summed E-state index contributed by atoms with van der Waals surface area (Å²) in [4.78, 5) is 0. The first-order valence-corrected chi connectivity index (χ1v) is 8.02. The molecule has 0 fully saturated rings. The second-order valence-electron chi connectivity index (χ2n) is 5.10. The summed E-state index contributed by atoms with van der Waals surface area (Å²) < 4.78 is 17.5. The summed E-state index contributed by atoms with van der Waals surface area (Å²) >= 11 is 3.68. The fourth-order valence-electron chi connectivity index (χ4n) is 2.42. The van der Waals surface area contributed by atoms with Gasteiger partial charge in [-0.2, -0.15) is 0 Å². The van der Waals surface area contributed by atoms with Gasteiger partial charge < -0.3 is 14.2 Å². The average Bonchev–Trinajstić information content (AvgIpc) is 2.61. The Kier molecular flexibility index (Phi) is 4.72. The minimum atomic E-state index is 0.460. The summed E-state index contributed by atoms with van der Waals surface area (Å²) in [5.74, 6) is 2.12. The molecule has 3 aromatic rings. The summed E-state index contributed by atoms with van der Waals surface area (Å²) in [5, 5.41) is 2.38. The van der Waals surface area contributed by atoms with E-state index >= 15 is 0 Å². The Hall–Kier alpha value is -2.20. The lowest BCUT2D eigenvalue weighted by atomic mass is 10.1. The molecule has 3 aromatic carbocycles. The third-order valence-corrected chi connectivity index (χ3v) is 4.60. The van der Waals surface area contributed by atoms with Gasteiger partial charge >= 0.3 is 0 Å². The first kappa shape index (κ1) is 15.7. The fraction of sp³-hybridized carbons (Fsp3) is 0.158. The number of rotatable bonds is 5. The second kappa shape index (κ2) is 6.92. The smallest absolute Gasteiger partial charge is 0.127 e. The van der Waals surface area contributed by atoms with E-state index < -0.39 is 0 Å². The predicted molar refractivity (Wildman–Crippen MR) is 95.5 cm³/mol. The molecule has 0 radical (unpaired) electrons. The van der Waals surface area contributed by atoms with Gasteiger partial charge in [-0.25, -0.2) is 0 Å². The van der Waals surface area contributed by atoms with Crippen LogP contribution in [0.1, 0.15) is 5.56 Å². The molecule has 0 aromatic heterocycles. The lowest BCUT2D eigenvalue weighted by Crippen LogP contribution is -1.98. The largest absolute Gasteiger partial charge is 0.496 e. The van der Waals surface area contributed by atoms with Gasteiger partial charge in [0.25, 0.3) is 0 Å². The molecule has 0 N–H and O–H groups in total. The fourth-order valence-corrected chi connectivity index (χ4v) is 3.02. The van der Waals surface area contributed by atoms with Crippen LogP contribution < -0.4 is 14.2 Å². The normalized spacial score (nSPS) is 10.6. The molecule has 118 valence electrons. The summed E-state index contributed by atoms with van der Waals surface area (Å²) in [6, 6.07) is 17.9. The van der Waals surface area contributed by atoms with E-state index in [0.29, 0.717) is 23.9 Å². The van der Waals surface area contributed by atoms with Crippen molar-refractivity contribution in [1.82, 2.24) is 0 Å². The van der Waals surface area contributed by atoms with Crippen LogP contribution in [-0.4, -0.2) is 14.2 Å². The standard InChI is InChI=1S/C19H17BrO3/c1-21-15-9-16(22-2)11-17(10-15)23-12-14-8-7-13-5-3-4-6-18(13)19(14)20/h3-11H,12H2,1-2H3. The molecule has 0 amide bonds. The summed E-state index contributed by atoms with van der Waals surface area (Å²) in [6.45, 7) is 0.460. The average molecular weight is 373 g/mol. The molecule has 23 heavy (non-hydrogen) atoms. The molecule has 0 bridgehead atoms. The topological polar surface area (TPSA) is 27.7 Å². The molecule has 0 unspecified atom stereocenters. The van der Waals surface area contributed by atoms with Crippen LogP contribution >= 0.6 is 15.9 Å². The first-order chi connectivity index (χ1) is 11.2. The summed E-state index contributed by atoms with van der Waals surface area (Å²) in [6.07, 6.45) is 0. The van der Waals surface area contributed by atoms with Crippen molar-refractivity contribution in [1.29, 1.82) is 0 Å². The molecule has 3 rings (SSSR count). The number of benzene rings is 3. The van der Waals surface area contributed by atoms with E-state index in [0.717, 1.165) is 10.0 Å². The quantitative estimate of drug-likeness (QED) is 0.615. The van der Waals surface area contributed by atoms with Gasteiger partial charge in [0.2, 0.25) is 0 Å². The Morgan fingerprint density at radius 1 is 0.826 bits per heavy atom. The van der Waals surface area contributed by atoms with E-state index in [2.05, 4.69) is 40.2 Å². The van der Waals surface area contributed by atoms with Gasteiger partial charge in [-0.1, -0.05) is 36.4 Å². The molecular formula is C19H17BrO3. The maximum atomic E-state index is 5.92. The molecule has 0 atom stereocenters. The van der Waals surface area contributed by atoms with Crippen LogP contribution in [0.4, 0.5) is 0 Å². The van der Waals surface area contributed by atoms with Crippen molar-refractivity contribution in [3.05, 3.63) is 64.6 Å². The van der Waals surface area contributed by atoms with Gasteiger partial charge in [0.15, 0.2) is 0 Å². The molecule has 3 nitrogen and oxygen atoms in total. The zero-order valence-corrected chi connectivity index (χ0v) is 14.6. The molecule has 0 saturated heterocycles. The zero-order chi connectivity index (χ0) is 16.2. The number of ether oxygens (including phenoxy) is 3. The van der Waals surface area contributed by atoms with Gasteiger partial charge in [-0.3, -0.25) is 0 Å². The number of hydrogen-bond acceptors (Lipinski definition) is 3. The van der Waals surface area contributed by atoms with E-state index in [9.17, 15) is 0 Å². The highest BCUT2D eigenvalue weighted by Crippen LogP contribution is 2.31. The molecule has 0 heterocycles. The maximum Gasteiger partial charge on any atom is 0.127 e. The van der Waals surface area contributed by atoms with E-state index in [-0.39, 0.29) is 0 Å². The van der Waals surface area contributed by atoms with Crippen LogP contribution in [-0.2, 0) is 6.61 Å². The monoisotopic (exact) mass is 372 g/mol. The Bertz CT molecular complexity index is 808. The Morgan fingerprint density at radius 3 is 2.17 bits per heavy atom. The van der Waals surface area contributed by atoms with Crippen molar-refractivity contribution >= 4 is 26.7 Å². The van der Waals surface area contributed by atoms with Crippen molar-refractivity contribution in [2.24, 2.45) is 0 Å². The number of halogens is 1. The Labute approximate surface area is 143 Å². The minimum absolute atomic E-state index is 0.460. The van der Waals surface area contributed by atoms with Gasteiger partial charge in [0.05, 0.1) is 14.2 Å². The Balaban J connectivity index is 1.85. The third-order valence-electron chi connectivity index (χ3n) is 3.66. The minimum Gasteiger partial charge on any atom is -0.496 e. The number of fused-ring (bicyclic) bond motifs is 1. The van der Waals surface area contributed by atoms with E-state index in [1.807, 2.05) is 30.3 Å². The van der Waals surface area contributed by atoms with Gasteiger partial charge in [0, 0.05) is 28.2 Å². The van der Waals surface area contributed by atoms with Crippen LogP contribution in [0.5, 0.6) is 17.2 Å². The van der Waals surface area contributed by atoms with Gasteiger partial charge in [-0.05, 0) is 26.7 Å². The highest BCUT2D eigenvalue weighted by atomic mass is 79.9. The van der Waals surface area contributed by atoms with Crippen molar-refractivity contribution in [3.63, 3.8) is 0 Å². The number of methoxy groups -OCH3 is 2. The van der Waals surface area contributed by atoms with Crippen molar-refractivity contribution in [3.8, 4) is 17.2 Å². The summed E-state index contributed by atoms with van der Waals surface area (Å²) in [5.41, 5.74) is 1.09. The van der Waals surface area contributed by atoms with Crippen LogP contribution in [0.3, 0.4) is 0 Å². The Morgan fingerprint density at radius 2 is 1.48 bits per heavy atom. The summed E-state index contributed by atoms with van der Waals surface area (Å²) in [7, 11) is 3.25. The molecule has 0 saturated carbocycles. The number of hydrogen-bond donors (Lipinski definition) is 0. The van der Waals surface area contributed by atoms with E-state index in [4.69, 9.17) is 14.2 Å². The predicted octanol–water partition coefficient (Wildman–Crippen LogP) is 5.20. The van der Waals surface area contributed by atoms with Crippen molar-refractivity contribution in [2.45, 2.75) is 6.61 Å². The molecule has 4 heteroatoms. The second-order valence-corrected chi connectivity index (χ2v) is 5.89. The molecule has 0 aliphatic heterocycles. The van der Waals surface area contributed by atoms with Crippen LogP contribution in [0.15, 0.2) is 59.1 Å². The zero-order valence-electron chi connectivity index (χ0n) is 13.0. The van der Waals surface area contributed by atoms with Crippen molar-refractivity contribution < 1.29 is 14.2 Å². The molecule has 0 aliphatic rings. The molecular weight excluding hydrogens is 356 g/mol. The maximum absolute atomic E-state index is 5.92. The molecule has 0 spiro atoms. The van der Waals surface area contributed by atoms with Gasteiger partial charge in [-0.15, -0.1) is 0 Å². The van der Waals surface area contributed by atoms with E-state index in [1.54, 1.807) is 14.2 Å². The third kappa shape index (κ3) is 3.42. The van der Waals surface area contributed by atoms with E-state index in [1.165, 1.54) is 10.8 Å². The molecule has 0 aliphatic carbocycles. The van der Waals surface area contributed by atoms with Crippen molar-refractivity contribution in [2.75, 3.05) is 14.2 Å². The van der Waals surface area contributed by atoms with Crippen LogP contribution in [0, 0.1) is 0 Å².